The van der Waals surface area contributed by atoms with Gasteiger partial charge in [0.25, 0.3) is 23.6 Å². The number of carbonyl (C=O) groups excluding carboxylic acids is 8. The Balaban J connectivity index is 1.00. The number of amides is 6. The zero-order valence-electron chi connectivity index (χ0n) is 59.2. The Labute approximate surface area is 635 Å². The van der Waals surface area contributed by atoms with Gasteiger partial charge in [-0.1, -0.05) is 26.0 Å². The Bertz CT molecular complexity index is 4980. The van der Waals surface area contributed by atoms with Gasteiger partial charge in [-0.3, -0.25) is 28.8 Å². The minimum absolute atomic E-state index is 0.00409. The molecule has 1 saturated heterocycles. The summed E-state index contributed by atoms with van der Waals surface area (Å²) in [4.78, 5) is 148. The van der Waals surface area contributed by atoms with Gasteiger partial charge in [0.2, 0.25) is 11.8 Å². The molecule has 4 aliphatic rings. The van der Waals surface area contributed by atoms with Crippen LogP contribution in [0.5, 0.6) is 5.75 Å². The first-order valence-corrected chi connectivity index (χ1v) is 39.8. The molecular weight excluding hydrogens is 1530 g/mol. The summed E-state index contributed by atoms with van der Waals surface area (Å²) in [6.07, 6.45) is -7.67. The van der Waals surface area contributed by atoms with E-state index in [0.717, 1.165) is 56.7 Å². The van der Waals surface area contributed by atoms with Gasteiger partial charge in [-0.15, -0.1) is 56.7 Å². The molecule has 11 atom stereocenters. The van der Waals surface area contributed by atoms with E-state index in [2.05, 4.69) is 41.5 Å². The van der Waals surface area contributed by atoms with Crippen molar-refractivity contribution in [2.45, 2.75) is 128 Å². The summed E-state index contributed by atoms with van der Waals surface area (Å²) in [5, 5.41) is 67.5. The maximum absolute atomic E-state index is 15.2. The van der Waals surface area contributed by atoms with Gasteiger partial charge < -0.3 is 91.1 Å². The number of carbonyl (C=O) groups is 8. The monoisotopic (exact) mass is 1600 g/mol. The maximum Gasteiger partial charge on any atom is 0.358 e. The van der Waals surface area contributed by atoms with Gasteiger partial charge in [-0.25, -0.2) is 47.9 Å². The summed E-state index contributed by atoms with van der Waals surface area (Å²) < 4.78 is 64.7. The molecule has 11 N–H and O–H groups in total. The van der Waals surface area contributed by atoms with Crippen LogP contribution in [0.3, 0.4) is 0 Å². The summed E-state index contributed by atoms with van der Waals surface area (Å²) in [6, 6.07) is -1.20. The molecule has 8 aromatic rings. The molecule has 108 heavy (non-hydrogen) atoms. The number of hydrogen-bond acceptors (Lipinski definition) is 33. The third-order valence-electron chi connectivity index (χ3n) is 18.4. The van der Waals surface area contributed by atoms with E-state index in [1.54, 1.807) is 45.0 Å². The number of nitrogens with one attached hydrogen (secondary N) is 5. The number of sulfone groups is 1. The molecule has 1 aromatic carbocycles. The number of nitrogens with zero attached hydrogens (tertiary/aromatic N) is 9. The Morgan fingerprint density at radius 3 is 2.20 bits per heavy atom. The highest BCUT2D eigenvalue weighted by Crippen LogP contribution is 2.43. The van der Waals surface area contributed by atoms with E-state index in [0.29, 0.717) is 17.8 Å². The summed E-state index contributed by atoms with van der Waals surface area (Å²) in [5.41, 5.74) is 2.27. The average Bonchev–Trinajstić information content (AvgIpc) is 1.34. The lowest BCUT2D eigenvalue weighted by atomic mass is 9.85. The molecule has 6 amide bonds. The summed E-state index contributed by atoms with van der Waals surface area (Å²) in [7, 11) is 0.870. The van der Waals surface area contributed by atoms with Crippen LogP contribution in [0, 0.1) is 0 Å². The second-order valence-corrected chi connectivity index (χ2v) is 32.7. The van der Waals surface area contributed by atoms with Gasteiger partial charge >= 0.3 is 11.9 Å². The smallest absolute Gasteiger partial charge is 0.358 e. The number of allylic oxidation sites excluding steroid dienone is 1. The third-order valence-corrected chi connectivity index (χ3v) is 24.6. The number of hydrogen-bond donors (Lipinski definition) is 10. The van der Waals surface area contributed by atoms with Gasteiger partial charge in [0.1, 0.15) is 126 Å². The minimum atomic E-state index is -3.95. The summed E-state index contributed by atoms with van der Waals surface area (Å²) in [5.74, 6) is -9.86. The topological polar surface area (TPSA) is 482 Å². The lowest BCUT2D eigenvalue weighted by Crippen LogP contribution is -2.62. The fourth-order valence-electron chi connectivity index (χ4n) is 13.0. The molecule has 12 rings (SSSR count). The van der Waals surface area contributed by atoms with Crippen LogP contribution in [-0.4, -0.2) is 234 Å². The number of fused-ring (bicyclic) bond motifs is 15. The molecule has 0 spiro atoms. The highest BCUT2D eigenvalue weighted by Gasteiger charge is 2.50. The number of aromatic hydroxyl groups is 1. The zero-order valence-corrected chi connectivity index (χ0v) is 64.1. The van der Waals surface area contributed by atoms with Crippen molar-refractivity contribution in [2.75, 3.05) is 59.0 Å². The van der Waals surface area contributed by atoms with Crippen LogP contribution in [0.1, 0.15) is 139 Å². The highest BCUT2D eigenvalue weighted by atomic mass is 32.2. The first-order chi connectivity index (χ1) is 51.3. The number of aromatic nitrogens is 7. The van der Waals surface area contributed by atoms with E-state index in [-0.39, 0.29) is 123 Å². The molecule has 35 nitrogen and oxygen atoms in total. The molecule has 0 aliphatic carbocycles. The van der Waals surface area contributed by atoms with Crippen molar-refractivity contribution in [3.8, 4) is 38.4 Å². The molecule has 7 aromatic heterocycles. The molecule has 41 heteroatoms. The van der Waals surface area contributed by atoms with Gasteiger partial charge in [0.05, 0.1) is 54.6 Å². The Morgan fingerprint density at radius 2 is 1.51 bits per heavy atom. The SMILES string of the molecule is CCN(CC)CCS(=O)(=O)CC(NC(=O)c1csc(-c2nc3c(cc2O)-c2nc(cs2)C(=O)NC(C(C)O)C(=O)NC(=C(C)OC)c2nc(cs2)C(=O)NC2c4nc(cs4)C(=O)NC(COC(=O)c4c5c6c(cccc6n4O)COC(=O)C(O[C@H]4C[C@](C)(O)C(N(C)C)[C@H](C)O4)C2OC5)c2nc-3cs2)n1)C(N)=O. The van der Waals surface area contributed by atoms with Gasteiger partial charge in [-0.2, -0.15) is 4.73 Å². The predicted octanol–water partition coefficient (Wildman–Crippen LogP) is 3.50. The summed E-state index contributed by atoms with van der Waals surface area (Å²) in [6.45, 7) is 9.18. The summed E-state index contributed by atoms with van der Waals surface area (Å²) >= 11 is 4.32. The number of aliphatic hydroxyl groups excluding tert-OH is 1. The average molecular weight is 1600 g/mol. The van der Waals surface area contributed by atoms with Gasteiger partial charge in [-0.05, 0) is 72.6 Å². The second kappa shape index (κ2) is 32.1. The zero-order chi connectivity index (χ0) is 77.5. The number of pyridine rings is 1. The molecule has 0 radical (unpaired) electrons. The van der Waals surface area contributed by atoms with Crippen LogP contribution in [0.25, 0.3) is 49.3 Å². The van der Waals surface area contributed by atoms with Gasteiger partial charge in [0.15, 0.2) is 27.9 Å². The molecule has 12 bridgehead atoms. The van der Waals surface area contributed by atoms with E-state index < -0.39 is 161 Å². The van der Waals surface area contributed by atoms with Crippen LogP contribution in [0.4, 0.5) is 0 Å². The number of rotatable bonds is 16. The quantitative estimate of drug-likeness (QED) is 0.0376. The van der Waals surface area contributed by atoms with Crippen LogP contribution < -0.4 is 32.3 Å². The van der Waals surface area contributed by atoms with E-state index in [9.17, 15) is 48.1 Å². The molecule has 4 aliphatic heterocycles. The molecular formula is C67H75N15O20S6. The Morgan fingerprint density at radius 1 is 0.852 bits per heavy atom. The van der Waals surface area contributed by atoms with Crippen LogP contribution in [0.2, 0.25) is 0 Å². The first-order valence-electron chi connectivity index (χ1n) is 33.6. The van der Waals surface area contributed by atoms with Crippen molar-refractivity contribution in [1.82, 2.24) is 71.0 Å². The third kappa shape index (κ3) is 16.3. The maximum atomic E-state index is 15.2. The lowest BCUT2D eigenvalue weighted by molar-refractivity contribution is -0.280. The lowest BCUT2D eigenvalue weighted by Gasteiger charge is -2.48. The molecule has 11 heterocycles. The van der Waals surface area contributed by atoms with Crippen LogP contribution in [0.15, 0.2) is 56.9 Å². The Hall–Kier alpha value is -9.37. The fourth-order valence-corrected chi connectivity index (χ4v) is 18.7. The molecule has 1 fully saturated rings. The number of primary amides is 1. The number of thiazole rings is 5. The number of likely N-dealkylation sites (N-methyl/N-ethyl adjacent to an activating group) is 1. The van der Waals surface area contributed by atoms with E-state index in [4.69, 9.17) is 49.1 Å². The molecule has 574 valence electrons. The predicted molar refractivity (Wildman–Crippen MR) is 391 cm³/mol. The molecule has 8 unspecified atom stereocenters. The number of ether oxygens (including phenoxy) is 6. The fraction of sp³-hybridized carbons (Fsp3) is 0.433. The second-order valence-electron chi connectivity index (χ2n) is 26.1. The number of esters is 2. The van der Waals surface area contributed by atoms with E-state index in [1.165, 1.54) is 60.0 Å². The van der Waals surface area contributed by atoms with Crippen molar-refractivity contribution in [1.29, 1.82) is 0 Å². The number of benzene rings is 1. The number of cyclic esters (lactones) is 2. The van der Waals surface area contributed by atoms with Crippen molar-refractivity contribution in [3.63, 3.8) is 0 Å². The largest absolute Gasteiger partial charge is 0.506 e. The van der Waals surface area contributed by atoms with E-state index >= 15 is 19.2 Å². The van der Waals surface area contributed by atoms with Crippen LogP contribution in [-0.2, 0) is 65.9 Å². The highest BCUT2D eigenvalue weighted by molar-refractivity contribution is 7.91. The minimum Gasteiger partial charge on any atom is -0.506 e. The number of nitrogens with two attached hydrogens (primary N) is 1. The number of aliphatic hydroxyl groups is 2. The van der Waals surface area contributed by atoms with Gasteiger partial charge in [0, 0.05) is 56.4 Å². The first kappa shape index (κ1) is 78.2. The Kier molecular flexibility index (Phi) is 23.2. The number of methoxy groups -OCH3 is 1. The standard InChI is InChI=1S/C67H75N15O20S6/c1-10-81(11-2)15-16-108(95,96)27-40(54(68)85)70-56(87)37-24-106-63(74-37)48-42(84)17-32-47(76-48)35-22-104-61(71-35)34-21-100-65(91)50-33-20-98-51(52(102-43-18-67(6,93)53(80(7)8)30(5)101-43)66(92)99-19-31-13-12-14-41(44(31)33)82(50)94)49(64-75-36(25-107-64)55(86)69-34)79-58(89)39-26-105-62(73-39)46(29(4)97-9)78-59(90)45(28(3)83)77-57(88)38-23-103-60(32)72-38/h12-14,17,22-26,28,30,34,40,43,45,49,51-53,83-84,93-94H,10-11,15-16,18-21,27H2,1-9H3,(H2,68,85)(H,69,86)(H,70,87)(H,77,88)(H,78,90)(H,79,89)/t28?,30-,34?,40?,43-,45?,49?,51?,52?,53?,67-/m0/s1. The van der Waals surface area contributed by atoms with E-state index in [1.807, 2.05) is 18.7 Å². The van der Waals surface area contributed by atoms with Crippen molar-refractivity contribution < 1.29 is 95.7 Å². The normalized spacial score (nSPS) is 23.5. The molecule has 0 saturated carbocycles. The van der Waals surface area contributed by atoms with Crippen LogP contribution >= 0.6 is 56.7 Å². The van der Waals surface area contributed by atoms with Crippen molar-refractivity contribution in [2.24, 2.45) is 5.73 Å². The van der Waals surface area contributed by atoms with Crippen molar-refractivity contribution in [3.05, 3.63) is 112 Å². The van der Waals surface area contributed by atoms with Crippen molar-refractivity contribution >= 4 is 131 Å².